The van der Waals surface area contributed by atoms with E-state index in [4.69, 9.17) is 9.47 Å². The number of sulfonamides is 1. The summed E-state index contributed by atoms with van der Waals surface area (Å²) in [5.41, 5.74) is 1.36. The van der Waals surface area contributed by atoms with E-state index in [1.54, 1.807) is 43.4 Å². The first-order valence-corrected chi connectivity index (χ1v) is 14.7. The Morgan fingerprint density at radius 1 is 0.947 bits per heavy atom. The monoisotopic (exact) mass is 547 g/mol. The van der Waals surface area contributed by atoms with Gasteiger partial charge in [0.15, 0.2) is 0 Å². The topological polar surface area (TPSA) is 105 Å². The van der Waals surface area contributed by atoms with Crippen LogP contribution in [0, 0.1) is 5.92 Å². The molecule has 1 N–H and O–H groups in total. The molecule has 0 saturated heterocycles. The number of anilines is 1. The van der Waals surface area contributed by atoms with Crippen molar-refractivity contribution in [3.05, 3.63) is 54.1 Å². The molecule has 0 aromatic heterocycles. The predicted octanol–water partition coefficient (Wildman–Crippen LogP) is 3.83. The molecule has 0 aliphatic heterocycles. The van der Waals surface area contributed by atoms with Gasteiger partial charge in [0.2, 0.25) is 21.8 Å². The second kappa shape index (κ2) is 14.6. The summed E-state index contributed by atoms with van der Waals surface area (Å²) in [5.74, 6) is 1.19. The third-order valence-corrected chi connectivity index (χ3v) is 7.29. The van der Waals surface area contributed by atoms with Crippen LogP contribution in [0.25, 0.3) is 0 Å². The molecular formula is C28H41N3O6S. The van der Waals surface area contributed by atoms with Gasteiger partial charge in [0.25, 0.3) is 0 Å². The number of carbonyl (C=O) groups is 2. The zero-order valence-corrected chi connectivity index (χ0v) is 24.1. The lowest BCUT2D eigenvalue weighted by molar-refractivity contribution is -0.141. The van der Waals surface area contributed by atoms with E-state index >= 15 is 0 Å². The number of amides is 2. The van der Waals surface area contributed by atoms with Crippen molar-refractivity contribution in [2.24, 2.45) is 5.92 Å². The molecule has 0 fully saturated rings. The van der Waals surface area contributed by atoms with Crippen LogP contribution in [0.2, 0.25) is 0 Å². The van der Waals surface area contributed by atoms with Crippen molar-refractivity contribution in [2.75, 3.05) is 37.9 Å². The van der Waals surface area contributed by atoms with Crippen LogP contribution >= 0.6 is 0 Å². The highest BCUT2D eigenvalue weighted by Crippen LogP contribution is 2.23. The molecule has 2 aromatic rings. The Morgan fingerprint density at radius 2 is 1.50 bits per heavy atom. The number of hydrogen-bond acceptors (Lipinski definition) is 6. The summed E-state index contributed by atoms with van der Waals surface area (Å²) in [4.78, 5) is 28.1. The van der Waals surface area contributed by atoms with Crippen LogP contribution in [0.15, 0.2) is 48.5 Å². The lowest BCUT2D eigenvalue weighted by Gasteiger charge is -2.31. The molecule has 10 heteroatoms. The van der Waals surface area contributed by atoms with E-state index < -0.39 is 16.1 Å². The van der Waals surface area contributed by atoms with Crippen molar-refractivity contribution >= 4 is 27.5 Å². The first-order valence-electron chi connectivity index (χ1n) is 12.8. The van der Waals surface area contributed by atoms with Gasteiger partial charge < -0.3 is 19.7 Å². The molecule has 2 rings (SSSR count). The van der Waals surface area contributed by atoms with E-state index in [1.165, 1.54) is 4.31 Å². The maximum Gasteiger partial charge on any atom is 0.242 e. The molecule has 2 aromatic carbocycles. The normalized spacial score (nSPS) is 12.1. The molecule has 38 heavy (non-hydrogen) atoms. The lowest BCUT2D eigenvalue weighted by atomic mass is 10.1. The summed E-state index contributed by atoms with van der Waals surface area (Å²) in [6.07, 6.45) is 1.97. The average molecular weight is 548 g/mol. The highest BCUT2D eigenvalue weighted by Gasteiger charge is 2.29. The number of nitrogens with one attached hydrogen (secondary N) is 1. The first-order chi connectivity index (χ1) is 18.0. The number of carbonyl (C=O) groups excluding carboxylic acids is 2. The average Bonchev–Trinajstić information content (AvgIpc) is 2.89. The Morgan fingerprint density at radius 3 is 1.97 bits per heavy atom. The van der Waals surface area contributed by atoms with Crippen LogP contribution in [-0.2, 0) is 26.2 Å². The van der Waals surface area contributed by atoms with E-state index in [1.807, 2.05) is 45.0 Å². The minimum absolute atomic E-state index is 0.0896. The second-order valence-corrected chi connectivity index (χ2v) is 11.5. The second-order valence-electron chi connectivity index (χ2n) is 9.57. The van der Waals surface area contributed by atoms with Gasteiger partial charge in [-0.05, 0) is 60.7 Å². The highest BCUT2D eigenvalue weighted by molar-refractivity contribution is 7.92. The van der Waals surface area contributed by atoms with Gasteiger partial charge in [0.05, 0.1) is 26.2 Å². The maximum atomic E-state index is 13.5. The van der Waals surface area contributed by atoms with Crippen molar-refractivity contribution < 1.29 is 27.5 Å². The number of rotatable bonds is 15. The molecule has 0 unspecified atom stereocenters. The van der Waals surface area contributed by atoms with Crippen molar-refractivity contribution in [2.45, 2.75) is 52.6 Å². The van der Waals surface area contributed by atoms with Gasteiger partial charge in [0, 0.05) is 26.1 Å². The summed E-state index contributed by atoms with van der Waals surface area (Å²) in [6.45, 7) is 6.80. The number of ether oxygens (including phenoxy) is 2. The molecule has 0 heterocycles. The Bertz CT molecular complexity index is 1130. The maximum absolute atomic E-state index is 13.5. The molecule has 0 bridgehead atoms. The first kappa shape index (κ1) is 31.0. The highest BCUT2D eigenvalue weighted by atomic mass is 32.2. The van der Waals surface area contributed by atoms with Crippen molar-refractivity contribution in [1.29, 1.82) is 0 Å². The van der Waals surface area contributed by atoms with Crippen LogP contribution < -0.4 is 19.1 Å². The van der Waals surface area contributed by atoms with Crippen LogP contribution in [0.1, 0.15) is 45.6 Å². The summed E-state index contributed by atoms with van der Waals surface area (Å²) >= 11 is 0. The molecule has 9 nitrogen and oxygen atoms in total. The molecule has 0 spiro atoms. The Kier molecular flexibility index (Phi) is 11.9. The predicted molar refractivity (Wildman–Crippen MR) is 150 cm³/mol. The SMILES string of the molecule is CC[C@H](C(=O)NCC(C)C)N(Cc1ccc(OC)cc1)C(=O)CCCN(c1ccc(OC)cc1)S(C)(=O)=O. The van der Waals surface area contributed by atoms with Crippen molar-refractivity contribution in [3.8, 4) is 11.5 Å². The van der Waals surface area contributed by atoms with Gasteiger partial charge in [-0.15, -0.1) is 0 Å². The molecule has 1 atom stereocenters. The molecule has 0 radical (unpaired) electrons. The fraction of sp³-hybridized carbons (Fsp3) is 0.500. The van der Waals surface area contributed by atoms with E-state index in [2.05, 4.69) is 5.32 Å². The van der Waals surface area contributed by atoms with Gasteiger partial charge in [-0.3, -0.25) is 13.9 Å². The van der Waals surface area contributed by atoms with Gasteiger partial charge in [-0.1, -0.05) is 32.9 Å². The molecule has 0 saturated carbocycles. The van der Waals surface area contributed by atoms with Gasteiger partial charge in [-0.2, -0.15) is 0 Å². The zero-order valence-electron chi connectivity index (χ0n) is 23.3. The Balaban J connectivity index is 2.21. The molecule has 0 aliphatic rings. The minimum Gasteiger partial charge on any atom is -0.497 e. The Hall–Kier alpha value is -3.27. The Labute approximate surface area is 227 Å². The number of methoxy groups -OCH3 is 2. The third-order valence-electron chi connectivity index (χ3n) is 6.10. The number of nitrogens with zero attached hydrogens (tertiary/aromatic N) is 2. The fourth-order valence-corrected chi connectivity index (χ4v) is 4.99. The van der Waals surface area contributed by atoms with E-state index in [9.17, 15) is 18.0 Å². The summed E-state index contributed by atoms with van der Waals surface area (Å²) in [7, 11) is -0.442. The summed E-state index contributed by atoms with van der Waals surface area (Å²) in [5, 5.41) is 2.95. The largest absolute Gasteiger partial charge is 0.497 e. The number of hydrogen-bond donors (Lipinski definition) is 1. The molecule has 0 aliphatic carbocycles. The van der Waals surface area contributed by atoms with Crippen LogP contribution in [0.3, 0.4) is 0 Å². The minimum atomic E-state index is -3.57. The van der Waals surface area contributed by atoms with Crippen molar-refractivity contribution in [1.82, 2.24) is 10.2 Å². The molecule has 2 amide bonds. The van der Waals surface area contributed by atoms with Crippen LogP contribution in [0.5, 0.6) is 11.5 Å². The van der Waals surface area contributed by atoms with Crippen molar-refractivity contribution in [3.63, 3.8) is 0 Å². The fourth-order valence-electron chi connectivity index (χ4n) is 4.02. The van der Waals surface area contributed by atoms with E-state index in [0.717, 1.165) is 11.8 Å². The smallest absolute Gasteiger partial charge is 0.242 e. The van der Waals surface area contributed by atoms with Gasteiger partial charge in [-0.25, -0.2) is 8.42 Å². The quantitative estimate of drug-likeness (QED) is 0.363. The third kappa shape index (κ3) is 9.24. The molecule has 210 valence electrons. The standard InChI is InChI=1S/C28H41N3O6S/c1-7-26(28(33)29-19-21(2)3)30(20-22-10-14-24(36-4)15-11-22)27(32)9-8-18-31(38(6,34)35)23-12-16-25(37-5)17-13-23/h10-17,21,26H,7-9,18-20H2,1-6H3,(H,29,33)/t26-/m1/s1. The summed E-state index contributed by atoms with van der Waals surface area (Å²) in [6, 6.07) is 13.4. The summed E-state index contributed by atoms with van der Waals surface area (Å²) < 4.78 is 36.7. The van der Waals surface area contributed by atoms with Crippen LogP contribution in [-0.4, -0.2) is 64.7 Å². The zero-order chi connectivity index (χ0) is 28.3. The van der Waals surface area contributed by atoms with Crippen LogP contribution in [0.4, 0.5) is 5.69 Å². The van der Waals surface area contributed by atoms with Gasteiger partial charge >= 0.3 is 0 Å². The number of benzene rings is 2. The van der Waals surface area contributed by atoms with Gasteiger partial charge in [0.1, 0.15) is 17.5 Å². The van der Waals surface area contributed by atoms with E-state index in [0.29, 0.717) is 36.6 Å². The molecular weight excluding hydrogens is 506 g/mol. The van der Waals surface area contributed by atoms with E-state index in [-0.39, 0.29) is 37.2 Å². The lowest BCUT2D eigenvalue weighted by Crippen LogP contribution is -2.49.